The first kappa shape index (κ1) is 27.3. The summed E-state index contributed by atoms with van der Waals surface area (Å²) in [6.07, 6.45) is -0.604. The second-order valence-corrected chi connectivity index (χ2v) is 9.96. The van der Waals surface area contributed by atoms with Crippen molar-refractivity contribution in [2.45, 2.75) is 30.0 Å². The first-order valence-electron chi connectivity index (χ1n) is 11.4. The van der Waals surface area contributed by atoms with Gasteiger partial charge in [-0.05, 0) is 53.9 Å². The maximum absolute atomic E-state index is 13.1. The Bertz CT molecular complexity index is 1220. The number of hydrogen-bond donors (Lipinski definition) is 4. The third-order valence-corrected chi connectivity index (χ3v) is 6.89. The molecule has 192 valence electrons. The summed E-state index contributed by atoms with van der Waals surface area (Å²) in [6.45, 7) is 0.142. The van der Waals surface area contributed by atoms with Gasteiger partial charge in [-0.1, -0.05) is 42.5 Å². The van der Waals surface area contributed by atoms with Crippen molar-refractivity contribution in [1.82, 2.24) is 15.4 Å². The van der Waals surface area contributed by atoms with Gasteiger partial charge in [0.1, 0.15) is 11.6 Å². The minimum Gasteiger partial charge on any atom is -0.497 e. The molecule has 0 aliphatic carbocycles. The number of carbonyl (C=O) groups excluding carboxylic acids is 1. The fraction of sp³-hybridized carbons (Fsp3) is 0.269. The molecule has 1 amide bonds. The van der Waals surface area contributed by atoms with Gasteiger partial charge in [-0.3, -0.25) is 4.79 Å². The van der Waals surface area contributed by atoms with Crippen LogP contribution in [0.5, 0.6) is 5.75 Å². The molecule has 0 bridgehead atoms. The number of aliphatic hydroxyl groups excluding tert-OH is 1. The molecule has 36 heavy (non-hydrogen) atoms. The SMILES string of the molecule is COc1cccc(CNC[C@@H](O)[C@H](Cc2ccccc2)NC(=O)CNS(=O)(=O)c2ccc(F)cc2)c1. The van der Waals surface area contributed by atoms with Crippen LogP contribution in [-0.2, 0) is 27.8 Å². The Kier molecular flexibility index (Phi) is 9.95. The molecule has 10 heteroatoms. The summed E-state index contributed by atoms with van der Waals surface area (Å²) in [7, 11) is -2.41. The highest BCUT2D eigenvalue weighted by Crippen LogP contribution is 2.13. The number of nitrogens with one attached hydrogen (secondary N) is 3. The number of hydrogen-bond acceptors (Lipinski definition) is 6. The lowest BCUT2D eigenvalue weighted by Gasteiger charge is -2.25. The number of halogens is 1. The molecule has 0 fully saturated rings. The number of benzene rings is 3. The highest BCUT2D eigenvalue weighted by Gasteiger charge is 2.23. The molecule has 0 aromatic heterocycles. The van der Waals surface area contributed by atoms with Crippen LogP contribution in [0, 0.1) is 5.82 Å². The molecular weight excluding hydrogens is 485 g/mol. The van der Waals surface area contributed by atoms with E-state index in [1.807, 2.05) is 54.6 Å². The van der Waals surface area contributed by atoms with Crippen LogP contribution in [0.25, 0.3) is 0 Å². The predicted octanol–water partition coefficient (Wildman–Crippen LogP) is 1.99. The van der Waals surface area contributed by atoms with Crippen LogP contribution in [0.4, 0.5) is 4.39 Å². The number of methoxy groups -OCH3 is 1. The van der Waals surface area contributed by atoms with Gasteiger partial charge in [0.05, 0.1) is 30.7 Å². The third-order valence-electron chi connectivity index (χ3n) is 5.47. The van der Waals surface area contributed by atoms with Crippen molar-refractivity contribution < 1.29 is 27.4 Å². The molecule has 0 aliphatic rings. The fourth-order valence-electron chi connectivity index (χ4n) is 3.56. The van der Waals surface area contributed by atoms with Crippen LogP contribution in [0.1, 0.15) is 11.1 Å². The van der Waals surface area contributed by atoms with Crippen LogP contribution in [0.3, 0.4) is 0 Å². The molecule has 3 aromatic rings. The normalized spacial score (nSPS) is 13.1. The van der Waals surface area contributed by atoms with Gasteiger partial charge in [-0.15, -0.1) is 0 Å². The van der Waals surface area contributed by atoms with Crippen molar-refractivity contribution in [3.8, 4) is 5.75 Å². The number of sulfonamides is 1. The first-order chi connectivity index (χ1) is 17.3. The van der Waals surface area contributed by atoms with Crippen molar-refractivity contribution in [1.29, 1.82) is 0 Å². The zero-order valence-corrected chi connectivity index (χ0v) is 20.7. The van der Waals surface area contributed by atoms with Crippen LogP contribution in [-0.4, -0.2) is 51.8 Å². The van der Waals surface area contributed by atoms with Gasteiger partial charge < -0.3 is 20.5 Å². The van der Waals surface area contributed by atoms with Crippen molar-refractivity contribution >= 4 is 15.9 Å². The monoisotopic (exact) mass is 515 g/mol. The van der Waals surface area contributed by atoms with E-state index in [-0.39, 0.29) is 11.4 Å². The summed E-state index contributed by atoms with van der Waals surface area (Å²) in [5.74, 6) is -0.440. The second kappa shape index (κ2) is 13.1. The molecular formula is C26H30FN3O5S. The topological polar surface area (TPSA) is 117 Å². The summed E-state index contributed by atoms with van der Waals surface area (Å²) in [5.41, 5.74) is 1.88. The molecule has 0 radical (unpaired) electrons. The van der Waals surface area contributed by atoms with Crippen molar-refractivity contribution in [3.63, 3.8) is 0 Å². The molecule has 0 saturated heterocycles. The molecule has 0 aliphatic heterocycles. The second-order valence-electron chi connectivity index (χ2n) is 8.19. The molecule has 3 aromatic carbocycles. The Labute approximate surface area is 210 Å². The highest BCUT2D eigenvalue weighted by atomic mass is 32.2. The van der Waals surface area contributed by atoms with E-state index in [9.17, 15) is 22.7 Å². The molecule has 8 nitrogen and oxygen atoms in total. The lowest BCUT2D eigenvalue weighted by atomic mass is 10.0. The first-order valence-corrected chi connectivity index (χ1v) is 12.9. The minimum absolute atomic E-state index is 0.153. The van der Waals surface area contributed by atoms with E-state index in [4.69, 9.17) is 4.74 Å². The van der Waals surface area contributed by atoms with Gasteiger partial charge in [0.2, 0.25) is 15.9 Å². The van der Waals surface area contributed by atoms with E-state index in [2.05, 4.69) is 15.4 Å². The Morgan fingerprint density at radius 3 is 2.39 bits per heavy atom. The summed E-state index contributed by atoms with van der Waals surface area (Å²) in [5, 5.41) is 16.8. The van der Waals surface area contributed by atoms with E-state index in [1.54, 1.807) is 7.11 Å². The standard InChI is InChI=1S/C26H30FN3O5S/c1-35-22-9-5-8-20(14-22)16-28-17-25(31)24(15-19-6-3-2-4-7-19)30-26(32)18-29-36(33,34)23-12-10-21(27)11-13-23/h2-14,24-25,28-29,31H,15-18H2,1H3,(H,30,32)/t24-,25+/m0/s1. The lowest BCUT2D eigenvalue weighted by Crippen LogP contribution is -2.51. The van der Waals surface area contributed by atoms with Crippen LogP contribution in [0.15, 0.2) is 83.8 Å². The number of rotatable bonds is 13. The van der Waals surface area contributed by atoms with Crippen LogP contribution < -0.4 is 20.1 Å². The molecule has 3 rings (SSSR count). The van der Waals surface area contributed by atoms with Gasteiger partial charge in [0.15, 0.2) is 0 Å². The van der Waals surface area contributed by atoms with E-state index in [0.717, 1.165) is 41.1 Å². The van der Waals surface area contributed by atoms with Crippen LogP contribution in [0.2, 0.25) is 0 Å². The molecule has 2 atom stereocenters. The van der Waals surface area contributed by atoms with Gasteiger partial charge in [0.25, 0.3) is 0 Å². The Hall–Kier alpha value is -3.31. The summed E-state index contributed by atoms with van der Waals surface area (Å²) < 4.78 is 45.3. The minimum atomic E-state index is -4.00. The molecule has 4 N–H and O–H groups in total. The van der Waals surface area contributed by atoms with Crippen molar-refractivity contribution in [2.75, 3.05) is 20.2 Å². The largest absolute Gasteiger partial charge is 0.497 e. The average molecular weight is 516 g/mol. The predicted molar refractivity (Wildman–Crippen MR) is 134 cm³/mol. The smallest absolute Gasteiger partial charge is 0.241 e. The maximum Gasteiger partial charge on any atom is 0.241 e. The van der Waals surface area contributed by atoms with Gasteiger partial charge in [-0.2, -0.15) is 0 Å². The van der Waals surface area contributed by atoms with E-state index < -0.39 is 40.4 Å². The summed E-state index contributed by atoms with van der Waals surface area (Å²) in [4.78, 5) is 12.4. The molecule has 0 heterocycles. The number of aliphatic hydroxyl groups is 1. The third kappa shape index (κ3) is 8.42. The number of amides is 1. The lowest BCUT2D eigenvalue weighted by molar-refractivity contribution is -0.121. The maximum atomic E-state index is 13.1. The quantitative estimate of drug-likeness (QED) is 0.277. The van der Waals surface area contributed by atoms with E-state index in [1.165, 1.54) is 0 Å². The number of ether oxygens (including phenoxy) is 1. The zero-order chi connectivity index (χ0) is 26.0. The average Bonchev–Trinajstić information content (AvgIpc) is 2.88. The van der Waals surface area contributed by atoms with Crippen molar-refractivity contribution in [2.24, 2.45) is 0 Å². The zero-order valence-electron chi connectivity index (χ0n) is 19.9. The Morgan fingerprint density at radius 1 is 1.00 bits per heavy atom. The molecule has 0 unspecified atom stereocenters. The molecule has 0 saturated carbocycles. The Balaban J connectivity index is 1.60. The summed E-state index contributed by atoms with van der Waals surface area (Å²) in [6, 6.07) is 20.5. The highest BCUT2D eigenvalue weighted by molar-refractivity contribution is 7.89. The van der Waals surface area contributed by atoms with Gasteiger partial charge >= 0.3 is 0 Å². The Morgan fingerprint density at radius 2 is 1.69 bits per heavy atom. The van der Waals surface area contributed by atoms with Crippen LogP contribution >= 0.6 is 0 Å². The molecule has 0 spiro atoms. The van der Waals surface area contributed by atoms with Gasteiger partial charge in [0, 0.05) is 13.1 Å². The summed E-state index contributed by atoms with van der Waals surface area (Å²) >= 11 is 0. The van der Waals surface area contributed by atoms with E-state index in [0.29, 0.717) is 13.0 Å². The van der Waals surface area contributed by atoms with Gasteiger partial charge in [-0.25, -0.2) is 17.5 Å². The van der Waals surface area contributed by atoms with Crippen molar-refractivity contribution in [3.05, 3.63) is 95.8 Å². The van der Waals surface area contributed by atoms with E-state index >= 15 is 0 Å². The number of carbonyl (C=O) groups is 1. The fourth-order valence-corrected chi connectivity index (χ4v) is 4.54.